The van der Waals surface area contributed by atoms with Crippen molar-refractivity contribution in [3.63, 3.8) is 0 Å². The summed E-state index contributed by atoms with van der Waals surface area (Å²) >= 11 is 0. The number of nitrogens with one attached hydrogen (secondary N) is 1. The standard InChI is InChI=1S/C25H29FN2O3/c26-21-6-3-19(4-7-21)2-1-13-28-14-11-20(12-15-28)5-10-25(29)27-22-8-9-23-24(18-22)31-17-16-30-23/h1-4,6-9,18,20H,5,10-17H2,(H,27,29). The minimum Gasteiger partial charge on any atom is -0.486 e. The molecule has 5 nitrogen and oxygen atoms in total. The van der Waals surface area contributed by atoms with Crippen LogP contribution in [-0.2, 0) is 4.79 Å². The molecule has 1 fully saturated rings. The van der Waals surface area contributed by atoms with E-state index in [2.05, 4.69) is 16.3 Å². The van der Waals surface area contributed by atoms with Gasteiger partial charge in [-0.1, -0.05) is 24.3 Å². The highest BCUT2D eigenvalue weighted by Gasteiger charge is 2.19. The van der Waals surface area contributed by atoms with Crippen LogP contribution in [0, 0.1) is 11.7 Å². The summed E-state index contributed by atoms with van der Waals surface area (Å²) in [5.74, 6) is 1.83. The van der Waals surface area contributed by atoms with E-state index < -0.39 is 0 Å². The van der Waals surface area contributed by atoms with Gasteiger partial charge in [0.2, 0.25) is 5.91 Å². The summed E-state index contributed by atoms with van der Waals surface area (Å²) < 4.78 is 24.0. The fraction of sp³-hybridized carbons (Fsp3) is 0.400. The van der Waals surface area contributed by atoms with Crippen molar-refractivity contribution in [1.29, 1.82) is 0 Å². The smallest absolute Gasteiger partial charge is 0.224 e. The van der Waals surface area contributed by atoms with Crippen LogP contribution in [0.3, 0.4) is 0 Å². The Labute approximate surface area is 182 Å². The first-order valence-electron chi connectivity index (χ1n) is 11.0. The monoisotopic (exact) mass is 424 g/mol. The lowest BCUT2D eigenvalue weighted by molar-refractivity contribution is -0.116. The molecule has 0 aromatic heterocycles. The molecule has 0 saturated carbocycles. The van der Waals surface area contributed by atoms with Crippen LogP contribution in [0.4, 0.5) is 10.1 Å². The molecule has 0 spiro atoms. The SMILES string of the molecule is O=C(CCC1CCN(CC=Cc2ccc(F)cc2)CC1)Nc1ccc2c(c1)OCCO2. The summed E-state index contributed by atoms with van der Waals surface area (Å²) in [5.41, 5.74) is 1.76. The zero-order valence-corrected chi connectivity index (χ0v) is 17.7. The number of amides is 1. The molecule has 0 aliphatic carbocycles. The van der Waals surface area contributed by atoms with Gasteiger partial charge < -0.3 is 14.8 Å². The first kappa shape index (κ1) is 21.4. The quantitative estimate of drug-likeness (QED) is 0.698. The predicted octanol–water partition coefficient (Wildman–Crippen LogP) is 4.74. The average molecular weight is 425 g/mol. The Hall–Kier alpha value is -2.86. The molecule has 2 aromatic rings. The molecule has 1 saturated heterocycles. The van der Waals surface area contributed by atoms with Crippen molar-refractivity contribution in [2.24, 2.45) is 5.92 Å². The van der Waals surface area contributed by atoms with E-state index in [1.165, 1.54) is 12.1 Å². The summed E-state index contributed by atoms with van der Waals surface area (Å²) in [6, 6.07) is 12.0. The van der Waals surface area contributed by atoms with Crippen molar-refractivity contribution < 1.29 is 18.7 Å². The number of benzene rings is 2. The lowest BCUT2D eigenvalue weighted by atomic mass is 9.92. The Morgan fingerprint density at radius 1 is 1.06 bits per heavy atom. The Balaban J connectivity index is 1.15. The van der Waals surface area contributed by atoms with Gasteiger partial charge in [-0.3, -0.25) is 9.69 Å². The first-order chi connectivity index (χ1) is 15.2. The van der Waals surface area contributed by atoms with Gasteiger partial charge in [-0.2, -0.15) is 0 Å². The van der Waals surface area contributed by atoms with Crippen molar-refractivity contribution in [2.75, 3.05) is 38.2 Å². The van der Waals surface area contributed by atoms with Crippen molar-refractivity contribution in [2.45, 2.75) is 25.7 Å². The molecule has 0 atom stereocenters. The predicted molar refractivity (Wildman–Crippen MR) is 120 cm³/mol. The van der Waals surface area contributed by atoms with Gasteiger partial charge in [0.25, 0.3) is 0 Å². The number of rotatable bonds is 7. The van der Waals surface area contributed by atoms with Gasteiger partial charge in [-0.25, -0.2) is 4.39 Å². The molecule has 2 aliphatic rings. The van der Waals surface area contributed by atoms with E-state index in [9.17, 15) is 9.18 Å². The van der Waals surface area contributed by atoms with E-state index in [-0.39, 0.29) is 11.7 Å². The topological polar surface area (TPSA) is 50.8 Å². The van der Waals surface area contributed by atoms with Crippen molar-refractivity contribution in [3.05, 3.63) is 59.9 Å². The van der Waals surface area contributed by atoms with Crippen LogP contribution < -0.4 is 14.8 Å². The number of piperidine rings is 1. The fourth-order valence-corrected chi connectivity index (χ4v) is 4.05. The van der Waals surface area contributed by atoms with Gasteiger partial charge in [0.15, 0.2) is 11.5 Å². The molecule has 6 heteroatoms. The summed E-state index contributed by atoms with van der Waals surface area (Å²) in [7, 11) is 0. The Morgan fingerprint density at radius 3 is 2.58 bits per heavy atom. The molecule has 0 bridgehead atoms. The maximum absolute atomic E-state index is 13.0. The molecule has 2 heterocycles. The number of likely N-dealkylation sites (tertiary alicyclic amines) is 1. The van der Waals surface area contributed by atoms with Crippen molar-refractivity contribution in [3.8, 4) is 11.5 Å². The van der Waals surface area contributed by atoms with Gasteiger partial charge in [-0.15, -0.1) is 0 Å². The maximum Gasteiger partial charge on any atom is 0.224 e. The molecule has 31 heavy (non-hydrogen) atoms. The van der Waals surface area contributed by atoms with Crippen LogP contribution in [0.5, 0.6) is 11.5 Å². The molecular weight excluding hydrogens is 395 g/mol. The van der Waals surface area contributed by atoms with E-state index in [1.807, 2.05) is 24.3 Å². The maximum atomic E-state index is 13.0. The minimum absolute atomic E-state index is 0.0429. The fourth-order valence-electron chi connectivity index (χ4n) is 4.05. The summed E-state index contributed by atoms with van der Waals surface area (Å²) in [6.07, 6.45) is 7.84. The largest absolute Gasteiger partial charge is 0.486 e. The van der Waals surface area contributed by atoms with Gasteiger partial charge in [0.1, 0.15) is 19.0 Å². The Bertz CT molecular complexity index is 905. The molecule has 0 radical (unpaired) electrons. The number of anilines is 1. The van der Waals surface area contributed by atoms with Gasteiger partial charge in [0, 0.05) is 24.7 Å². The average Bonchev–Trinajstić information content (AvgIpc) is 2.80. The molecule has 0 unspecified atom stereocenters. The lowest BCUT2D eigenvalue weighted by Gasteiger charge is -2.31. The molecule has 1 amide bonds. The van der Waals surface area contributed by atoms with Crippen LogP contribution in [0.1, 0.15) is 31.2 Å². The van der Waals surface area contributed by atoms with E-state index in [0.29, 0.717) is 31.3 Å². The molecule has 2 aliphatic heterocycles. The second-order valence-electron chi connectivity index (χ2n) is 8.14. The van der Waals surface area contributed by atoms with Gasteiger partial charge >= 0.3 is 0 Å². The van der Waals surface area contributed by atoms with Crippen molar-refractivity contribution in [1.82, 2.24) is 4.90 Å². The number of hydrogen-bond acceptors (Lipinski definition) is 4. The highest BCUT2D eigenvalue weighted by atomic mass is 19.1. The summed E-state index contributed by atoms with van der Waals surface area (Å²) in [6.45, 7) is 4.08. The molecule has 164 valence electrons. The molecular formula is C25H29FN2O3. The van der Waals surface area contributed by atoms with Crippen LogP contribution in [0.15, 0.2) is 48.5 Å². The summed E-state index contributed by atoms with van der Waals surface area (Å²) in [4.78, 5) is 14.8. The third kappa shape index (κ3) is 6.31. The highest BCUT2D eigenvalue weighted by Crippen LogP contribution is 2.32. The number of nitrogens with zero attached hydrogens (tertiary/aromatic N) is 1. The number of carbonyl (C=O) groups is 1. The molecule has 1 N–H and O–H groups in total. The van der Waals surface area contributed by atoms with Crippen LogP contribution >= 0.6 is 0 Å². The normalized spacial score (nSPS) is 17.1. The zero-order valence-electron chi connectivity index (χ0n) is 17.7. The number of halogens is 1. The van der Waals surface area contributed by atoms with E-state index >= 15 is 0 Å². The number of carbonyl (C=O) groups excluding carboxylic acids is 1. The second kappa shape index (κ2) is 10.4. The first-order valence-corrected chi connectivity index (χ1v) is 11.0. The number of hydrogen-bond donors (Lipinski definition) is 1. The summed E-state index contributed by atoms with van der Waals surface area (Å²) in [5, 5.41) is 2.97. The third-order valence-corrected chi connectivity index (χ3v) is 5.86. The molecule has 2 aromatic carbocycles. The van der Waals surface area contributed by atoms with Crippen LogP contribution in [0.2, 0.25) is 0 Å². The van der Waals surface area contributed by atoms with Crippen LogP contribution in [0.25, 0.3) is 6.08 Å². The number of ether oxygens (including phenoxy) is 2. The lowest BCUT2D eigenvalue weighted by Crippen LogP contribution is -2.34. The Morgan fingerprint density at radius 2 is 1.81 bits per heavy atom. The van der Waals surface area contributed by atoms with E-state index in [0.717, 1.165) is 55.9 Å². The number of fused-ring (bicyclic) bond motifs is 1. The Kier molecular flexibility index (Phi) is 7.20. The third-order valence-electron chi connectivity index (χ3n) is 5.86. The van der Waals surface area contributed by atoms with Crippen LogP contribution in [-0.4, -0.2) is 43.7 Å². The molecule has 4 rings (SSSR count). The van der Waals surface area contributed by atoms with Gasteiger partial charge in [0.05, 0.1) is 0 Å². The van der Waals surface area contributed by atoms with Gasteiger partial charge in [-0.05, 0) is 68.1 Å². The second-order valence-corrected chi connectivity index (χ2v) is 8.14. The van der Waals surface area contributed by atoms with E-state index in [1.54, 1.807) is 12.1 Å². The zero-order chi connectivity index (χ0) is 21.5. The van der Waals surface area contributed by atoms with Crippen molar-refractivity contribution >= 4 is 17.7 Å². The van der Waals surface area contributed by atoms with E-state index in [4.69, 9.17) is 9.47 Å². The highest BCUT2D eigenvalue weighted by molar-refractivity contribution is 5.91. The minimum atomic E-state index is -0.209.